The quantitative estimate of drug-likeness (QED) is 0.555. The number of nitrogens with one attached hydrogen (secondary N) is 2. The zero-order chi connectivity index (χ0) is 13.3. The molecule has 2 rings (SSSR count). The van der Waals surface area contributed by atoms with Crippen molar-refractivity contribution in [3.05, 3.63) is 29.6 Å². The molecule has 1 fully saturated rings. The molecule has 0 radical (unpaired) electrons. The molecule has 1 aromatic carbocycles. The van der Waals surface area contributed by atoms with Crippen LogP contribution in [0.4, 0.5) is 10.1 Å². The van der Waals surface area contributed by atoms with Crippen molar-refractivity contribution >= 4 is 21.5 Å². The molecule has 1 saturated carbocycles. The van der Waals surface area contributed by atoms with Crippen LogP contribution in [0.25, 0.3) is 0 Å². The van der Waals surface area contributed by atoms with Gasteiger partial charge in [-0.25, -0.2) is 12.8 Å². The Balaban J connectivity index is 2.28. The van der Waals surface area contributed by atoms with Crippen LogP contribution in [0, 0.1) is 17.1 Å². The number of nitrogen functional groups attached to an aromatic ring is 1. The predicted molar refractivity (Wildman–Crippen MR) is 67.5 cm³/mol. The predicted octanol–water partition coefficient (Wildman–Crippen LogP) is 1.26. The highest BCUT2D eigenvalue weighted by Crippen LogP contribution is 2.31. The van der Waals surface area contributed by atoms with Crippen LogP contribution in [0.1, 0.15) is 18.4 Å². The number of sulfonamides is 1. The Labute approximate surface area is 105 Å². The van der Waals surface area contributed by atoms with Gasteiger partial charge in [0.2, 0.25) is 10.0 Å². The molecule has 18 heavy (non-hydrogen) atoms. The molecule has 5 nitrogen and oxygen atoms in total. The van der Waals surface area contributed by atoms with Gasteiger partial charge in [0.05, 0.1) is 17.0 Å². The van der Waals surface area contributed by atoms with Gasteiger partial charge in [-0.3, -0.25) is 10.1 Å². The minimum absolute atomic E-state index is 0.0168. The fourth-order valence-electron chi connectivity index (χ4n) is 1.69. The van der Waals surface area contributed by atoms with E-state index in [1.807, 2.05) is 0 Å². The Hall–Kier alpha value is -1.63. The number of hydrogen-bond donors (Lipinski definition) is 3. The second kappa shape index (κ2) is 4.56. The fraction of sp³-hybridized carbons (Fsp3) is 0.364. The van der Waals surface area contributed by atoms with Crippen molar-refractivity contribution in [1.82, 2.24) is 0 Å². The molecule has 0 atom stereocenters. The summed E-state index contributed by atoms with van der Waals surface area (Å²) in [5.74, 6) is -0.996. The van der Waals surface area contributed by atoms with E-state index in [2.05, 4.69) is 4.72 Å². The number of rotatable bonds is 5. The van der Waals surface area contributed by atoms with Gasteiger partial charge >= 0.3 is 0 Å². The van der Waals surface area contributed by atoms with E-state index >= 15 is 0 Å². The molecule has 0 heterocycles. The summed E-state index contributed by atoms with van der Waals surface area (Å²) in [5, 5.41) is 7.28. The molecular formula is C11H14FN3O2S. The first-order valence-corrected chi connectivity index (χ1v) is 7.17. The molecule has 0 spiro atoms. The van der Waals surface area contributed by atoms with Gasteiger partial charge < -0.3 is 5.73 Å². The SMILES string of the molecule is N=C(N)c1c(F)cccc1NS(=O)(=O)CC1CC1. The third-order valence-corrected chi connectivity index (χ3v) is 4.14. The summed E-state index contributed by atoms with van der Waals surface area (Å²) in [7, 11) is -3.51. The smallest absolute Gasteiger partial charge is 0.233 e. The molecule has 4 N–H and O–H groups in total. The van der Waals surface area contributed by atoms with Crippen molar-refractivity contribution < 1.29 is 12.8 Å². The summed E-state index contributed by atoms with van der Waals surface area (Å²) >= 11 is 0. The van der Waals surface area contributed by atoms with E-state index in [4.69, 9.17) is 11.1 Å². The van der Waals surface area contributed by atoms with Crippen LogP contribution in [-0.2, 0) is 10.0 Å². The largest absolute Gasteiger partial charge is 0.384 e. The van der Waals surface area contributed by atoms with Crippen LogP contribution in [-0.4, -0.2) is 20.0 Å². The van der Waals surface area contributed by atoms with E-state index in [0.717, 1.165) is 18.9 Å². The average Bonchev–Trinajstić information content (AvgIpc) is 2.99. The maximum absolute atomic E-state index is 13.5. The molecule has 0 bridgehead atoms. The molecular weight excluding hydrogens is 257 g/mol. The summed E-state index contributed by atoms with van der Waals surface area (Å²) in [6.45, 7) is 0. The number of anilines is 1. The van der Waals surface area contributed by atoms with Crippen LogP contribution in [0.2, 0.25) is 0 Å². The van der Waals surface area contributed by atoms with E-state index < -0.39 is 21.7 Å². The Morgan fingerprint density at radius 2 is 2.17 bits per heavy atom. The van der Waals surface area contributed by atoms with Gasteiger partial charge in [0.15, 0.2) is 0 Å². The van der Waals surface area contributed by atoms with Gasteiger partial charge in [-0.15, -0.1) is 0 Å². The van der Waals surface area contributed by atoms with Crippen LogP contribution < -0.4 is 10.5 Å². The molecule has 1 aromatic rings. The summed E-state index contributed by atoms with van der Waals surface area (Å²) in [4.78, 5) is 0. The summed E-state index contributed by atoms with van der Waals surface area (Å²) in [6, 6.07) is 3.90. The van der Waals surface area contributed by atoms with Gasteiger partial charge in [-0.05, 0) is 30.9 Å². The monoisotopic (exact) mass is 271 g/mol. The van der Waals surface area contributed by atoms with Crippen LogP contribution in [0.5, 0.6) is 0 Å². The van der Waals surface area contributed by atoms with Crippen LogP contribution in [0.15, 0.2) is 18.2 Å². The normalized spacial score (nSPS) is 15.4. The standard InChI is InChI=1S/C11H14FN3O2S/c12-8-2-1-3-9(10(8)11(13)14)15-18(16,17)6-7-4-5-7/h1-3,7,15H,4-6H2,(H3,13,14). The molecule has 0 amide bonds. The van der Waals surface area contributed by atoms with Gasteiger partial charge in [0, 0.05) is 0 Å². The maximum atomic E-state index is 13.5. The minimum atomic E-state index is -3.51. The molecule has 1 aliphatic rings. The van der Waals surface area contributed by atoms with Crippen molar-refractivity contribution in [3.8, 4) is 0 Å². The number of benzene rings is 1. The molecule has 0 unspecified atom stereocenters. The Morgan fingerprint density at radius 1 is 1.50 bits per heavy atom. The van der Waals surface area contributed by atoms with E-state index in [9.17, 15) is 12.8 Å². The Morgan fingerprint density at radius 3 is 2.72 bits per heavy atom. The topological polar surface area (TPSA) is 96.0 Å². The van der Waals surface area contributed by atoms with E-state index in [1.165, 1.54) is 12.1 Å². The second-order valence-corrected chi connectivity index (χ2v) is 6.17. The van der Waals surface area contributed by atoms with Crippen molar-refractivity contribution in [3.63, 3.8) is 0 Å². The third kappa shape index (κ3) is 2.98. The van der Waals surface area contributed by atoms with Crippen molar-refractivity contribution in [2.24, 2.45) is 11.7 Å². The first-order valence-electron chi connectivity index (χ1n) is 5.52. The molecule has 0 saturated heterocycles. The second-order valence-electron chi connectivity index (χ2n) is 4.40. The van der Waals surface area contributed by atoms with Crippen molar-refractivity contribution in [2.45, 2.75) is 12.8 Å². The molecule has 0 aliphatic heterocycles. The first kappa shape index (κ1) is 12.8. The van der Waals surface area contributed by atoms with Crippen LogP contribution >= 0.6 is 0 Å². The van der Waals surface area contributed by atoms with Gasteiger partial charge in [-0.2, -0.15) is 0 Å². The fourth-order valence-corrected chi connectivity index (χ4v) is 3.23. The lowest BCUT2D eigenvalue weighted by Crippen LogP contribution is -2.22. The highest BCUT2D eigenvalue weighted by atomic mass is 32.2. The summed E-state index contributed by atoms with van der Waals surface area (Å²) in [6.07, 6.45) is 1.81. The number of halogens is 1. The van der Waals surface area contributed by atoms with Gasteiger partial charge in [-0.1, -0.05) is 6.07 Å². The molecule has 1 aliphatic carbocycles. The lowest BCUT2D eigenvalue weighted by molar-refractivity contribution is 0.597. The van der Waals surface area contributed by atoms with E-state index in [0.29, 0.717) is 0 Å². The molecule has 0 aromatic heterocycles. The zero-order valence-electron chi connectivity index (χ0n) is 9.61. The lowest BCUT2D eigenvalue weighted by atomic mass is 10.1. The Kier molecular flexibility index (Phi) is 3.25. The zero-order valence-corrected chi connectivity index (χ0v) is 10.4. The van der Waals surface area contributed by atoms with E-state index in [1.54, 1.807) is 0 Å². The number of nitrogens with two attached hydrogens (primary N) is 1. The van der Waals surface area contributed by atoms with Crippen molar-refractivity contribution in [1.29, 1.82) is 5.41 Å². The average molecular weight is 271 g/mol. The third-order valence-electron chi connectivity index (χ3n) is 2.70. The van der Waals surface area contributed by atoms with Gasteiger partial charge in [0.1, 0.15) is 11.7 Å². The first-order chi connectivity index (χ1) is 8.39. The number of amidine groups is 1. The minimum Gasteiger partial charge on any atom is -0.384 e. The molecule has 7 heteroatoms. The van der Waals surface area contributed by atoms with Gasteiger partial charge in [0.25, 0.3) is 0 Å². The summed E-state index contributed by atoms with van der Waals surface area (Å²) in [5.41, 5.74) is 5.06. The highest BCUT2D eigenvalue weighted by Gasteiger charge is 2.28. The van der Waals surface area contributed by atoms with E-state index in [-0.39, 0.29) is 22.9 Å². The summed E-state index contributed by atoms with van der Waals surface area (Å²) < 4.78 is 39.4. The Bertz CT molecular complexity index is 582. The van der Waals surface area contributed by atoms with Crippen LogP contribution in [0.3, 0.4) is 0 Å². The highest BCUT2D eigenvalue weighted by molar-refractivity contribution is 7.92. The maximum Gasteiger partial charge on any atom is 0.233 e. The lowest BCUT2D eigenvalue weighted by Gasteiger charge is -2.12. The van der Waals surface area contributed by atoms with Crippen molar-refractivity contribution in [2.75, 3.05) is 10.5 Å². The number of hydrogen-bond acceptors (Lipinski definition) is 3. The molecule has 98 valence electrons.